The fourth-order valence-electron chi connectivity index (χ4n) is 3.39. The van der Waals surface area contributed by atoms with Gasteiger partial charge < -0.3 is 5.32 Å². The van der Waals surface area contributed by atoms with Gasteiger partial charge in [-0.3, -0.25) is 9.58 Å². The lowest BCUT2D eigenvalue weighted by Crippen LogP contribution is -2.31. The van der Waals surface area contributed by atoms with Crippen LogP contribution in [-0.4, -0.2) is 37.7 Å². The molecule has 4 rings (SSSR count). The number of anilines is 1. The van der Waals surface area contributed by atoms with Gasteiger partial charge in [0.1, 0.15) is 0 Å². The highest BCUT2D eigenvalue weighted by molar-refractivity contribution is 6.30. The maximum absolute atomic E-state index is 6.15. The molecule has 3 aromatic rings. The molecule has 0 radical (unpaired) electrons. The molecule has 0 amide bonds. The van der Waals surface area contributed by atoms with E-state index in [-0.39, 0.29) is 0 Å². The number of hydrogen-bond acceptors (Lipinski definition) is 5. The molecule has 0 aliphatic carbocycles. The molecule has 1 aliphatic heterocycles. The van der Waals surface area contributed by atoms with E-state index in [9.17, 15) is 0 Å². The van der Waals surface area contributed by atoms with Crippen LogP contribution in [0.15, 0.2) is 55.0 Å². The molecular weight excluding hydrogens is 348 g/mol. The first-order chi connectivity index (χ1) is 12.8. The van der Waals surface area contributed by atoms with E-state index in [2.05, 4.69) is 42.1 Å². The highest BCUT2D eigenvalue weighted by Gasteiger charge is 2.22. The average Bonchev–Trinajstić information content (AvgIpc) is 3.00. The number of hydrogen-bond donors (Lipinski definition) is 1. The Labute approximate surface area is 157 Å². The van der Waals surface area contributed by atoms with Crippen molar-refractivity contribution in [1.29, 1.82) is 0 Å². The maximum Gasteiger partial charge on any atom is 0.222 e. The summed E-state index contributed by atoms with van der Waals surface area (Å²) in [4.78, 5) is 10.9. The van der Waals surface area contributed by atoms with Gasteiger partial charge in [-0.15, -0.1) is 0 Å². The second-order valence-electron chi connectivity index (χ2n) is 6.62. The van der Waals surface area contributed by atoms with Gasteiger partial charge in [-0.05, 0) is 29.8 Å². The highest BCUT2D eigenvalue weighted by atomic mass is 35.5. The summed E-state index contributed by atoms with van der Waals surface area (Å²) in [5.41, 5.74) is 2.47. The summed E-state index contributed by atoms with van der Waals surface area (Å²) in [5.74, 6) is 1.07. The summed E-state index contributed by atoms with van der Waals surface area (Å²) in [6.07, 6.45) is 5.38. The van der Waals surface area contributed by atoms with E-state index >= 15 is 0 Å². The molecule has 0 fully saturated rings. The molecule has 2 aromatic heterocycles. The van der Waals surface area contributed by atoms with Crippen molar-refractivity contribution in [3.8, 4) is 0 Å². The summed E-state index contributed by atoms with van der Waals surface area (Å²) in [5, 5.41) is 8.61. The third-order valence-corrected chi connectivity index (χ3v) is 4.78. The van der Waals surface area contributed by atoms with Crippen LogP contribution in [-0.2, 0) is 19.6 Å². The molecule has 0 saturated heterocycles. The number of rotatable bonds is 5. The molecule has 1 atom stereocenters. The van der Waals surface area contributed by atoms with Gasteiger partial charge in [0.25, 0.3) is 0 Å². The molecule has 6 nitrogen and oxygen atoms in total. The van der Waals surface area contributed by atoms with Crippen LogP contribution in [0.5, 0.6) is 0 Å². The molecule has 1 aliphatic rings. The summed E-state index contributed by atoms with van der Waals surface area (Å²) in [7, 11) is 0. The van der Waals surface area contributed by atoms with Crippen molar-refractivity contribution in [2.24, 2.45) is 5.92 Å². The number of aromatic nitrogens is 4. The second-order valence-corrected chi connectivity index (χ2v) is 7.06. The van der Waals surface area contributed by atoms with Crippen molar-refractivity contribution >= 4 is 17.5 Å². The van der Waals surface area contributed by atoms with E-state index in [1.165, 1.54) is 11.3 Å². The lowest BCUT2D eigenvalue weighted by Gasteiger charge is -2.24. The average molecular weight is 369 g/mol. The van der Waals surface area contributed by atoms with E-state index in [0.717, 1.165) is 37.7 Å². The Hall–Kier alpha value is -2.44. The number of fused-ring (bicyclic) bond motifs is 1. The van der Waals surface area contributed by atoms with E-state index in [1.54, 1.807) is 12.4 Å². The van der Waals surface area contributed by atoms with Gasteiger partial charge in [0.15, 0.2) is 0 Å². The number of nitrogens with one attached hydrogen (secondary N) is 1. The molecular formula is C19H21ClN6. The second kappa shape index (κ2) is 7.85. The van der Waals surface area contributed by atoms with E-state index < -0.39 is 0 Å². The lowest BCUT2D eigenvalue weighted by molar-refractivity contribution is 0.225. The minimum absolute atomic E-state index is 0.402. The molecule has 0 bridgehead atoms. The topological polar surface area (TPSA) is 58.9 Å². The maximum atomic E-state index is 6.15. The molecule has 3 heterocycles. The predicted octanol–water partition coefficient (Wildman–Crippen LogP) is 3.07. The number of nitrogens with zero attached hydrogens (tertiary/aromatic N) is 5. The standard InChI is InChI=1S/C19H21ClN6/c20-17-4-1-3-15(9-17)11-25-12-16(10-23-19-21-6-2-7-22-19)13-26-18(14-25)5-8-24-26/h1-9,16H,10-14H2,(H,21,22,23). The van der Waals surface area contributed by atoms with Gasteiger partial charge in [0.2, 0.25) is 5.95 Å². The van der Waals surface area contributed by atoms with Gasteiger partial charge in [-0.1, -0.05) is 23.7 Å². The Morgan fingerprint density at radius 2 is 1.96 bits per heavy atom. The Bertz CT molecular complexity index is 850. The monoisotopic (exact) mass is 368 g/mol. The molecule has 134 valence electrons. The summed E-state index contributed by atoms with van der Waals surface area (Å²) >= 11 is 6.15. The van der Waals surface area contributed by atoms with E-state index in [1.807, 2.05) is 30.5 Å². The minimum Gasteiger partial charge on any atom is -0.354 e. The predicted molar refractivity (Wildman–Crippen MR) is 102 cm³/mol. The van der Waals surface area contributed by atoms with Gasteiger partial charge in [-0.25, -0.2) is 9.97 Å². The fourth-order valence-corrected chi connectivity index (χ4v) is 3.60. The molecule has 1 N–H and O–H groups in total. The Morgan fingerprint density at radius 1 is 1.08 bits per heavy atom. The smallest absolute Gasteiger partial charge is 0.222 e. The Morgan fingerprint density at radius 3 is 2.81 bits per heavy atom. The molecule has 26 heavy (non-hydrogen) atoms. The minimum atomic E-state index is 0.402. The van der Waals surface area contributed by atoms with Crippen LogP contribution >= 0.6 is 11.6 Å². The van der Waals surface area contributed by atoms with Crippen molar-refractivity contribution in [2.75, 3.05) is 18.4 Å². The van der Waals surface area contributed by atoms with Gasteiger partial charge >= 0.3 is 0 Å². The highest BCUT2D eigenvalue weighted by Crippen LogP contribution is 2.20. The van der Waals surface area contributed by atoms with Crippen molar-refractivity contribution in [2.45, 2.75) is 19.6 Å². The Balaban J connectivity index is 1.48. The summed E-state index contributed by atoms with van der Waals surface area (Å²) in [6.45, 7) is 4.40. The van der Waals surface area contributed by atoms with E-state index in [0.29, 0.717) is 11.9 Å². The van der Waals surface area contributed by atoms with Crippen LogP contribution in [0.1, 0.15) is 11.3 Å². The molecule has 7 heteroatoms. The molecule has 0 saturated carbocycles. The van der Waals surface area contributed by atoms with Gasteiger partial charge in [-0.2, -0.15) is 5.10 Å². The van der Waals surface area contributed by atoms with Crippen LogP contribution in [0.3, 0.4) is 0 Å². The van der Waals surface area contributed by atoms with Crippen molar-refractivity contribution in [3.63, 3.8) is 0 Å². The van der Waals surface area contributed by atoms with Crippen LogP contribution in [0, 0.1) is 5.92 Å². The first-order valence-corrected chi connectivity index (χ1v) is 9.12. The van der Waals surface area contributed by atoms with E-state index in [4.69, 9.17) is 11.6 Å². The summed E-state index contributed by atoms with van der Waals surface area (Å²) < 4.78 is 2.11. The number of benzene rings is 1. The quantitative estimate of drug-likeness (QED) is 0.750. The van der Waals surface area contributed by atoms with Gasteiger partial charge in [0, 0.05) is 62.3 Å². The van der Waals surface area contributed by atoms with Crippen molar-refractivity contribution in [1.82, 2.24) is 24.6 Å². The largest absolute Gasteiger partial charge is 0.354 e. The zero-order chi connectivity index (χ0) is 17.8. The molecule has 1 aromatic carbocycles. The van der Waals surface area contributed by atoms with Crippen LogP contribution in [0.2, 0.25) is 5.02 Å². The van der Waals surface area contributed by atoms with Gasteiger partial charge in [0.05, 0.1) is 5.69 Å². The lowest BCUT2D eigenvalue weighted by atomic mass is 10.1. The number of halogens is 1. The Kier molecular flexibility index (Phi) is 5.13. The normalized spacial score (nSPS) is 17.5. The van der Waals surface area contributed by atoms with Crippen LogP contribution in [0.25, 0.3) is 0 Å². The molecule has 0 spiro atoms. The zero-order valence-corrected chi connectivity index (χ0v) is 15.2. The first kappa shape index (κ1) is 17.0. The summed E-state index contributed by atoms with van der Waals surface area (Å²) in [6, 6.07) is 12.0. The zero-order valence-electron chi connectivity index (χ0n) is 14.4. The van der Waals surface area contributed by atoms with Crippen LogP contribution in [0.4, 0.5) is 5.95 Å². The third kappa shape index (κ3) is 4.20. The molecule has 1 unspecified atom stereocenters. The van der Waals surface area contributed by atoms with Crippen molar-refractivity contribution < 1.29 is 0 Å². The van der Waals surface area contributed by atoms with Crippen molar-refractivity contribution in [3.05, 3.63) is 71.3 Å². The third-order valence-electron chi connectivity index (χ3n) is 4.55. The first-order valence-electron chi connectivity index (χ1n) is 8.74. The fraction of sp³-hybridized carbons (Fsp3) is 0.316. The van der Waals surface area contributed by atoms with Crippen LogP contribution < -0.4 is 5.32 Å². The SMILES string of the molecule is Clc1cccc(CN2Cc3ccnn3CC(CNc3ncccn3)C2)c1.